The molecule has 0 spiro atoms. The van der Waals surface area contributed by atoms with E-state index in [1.807, 2.05) is 25.3 Å². The first-order valence-corrected chi connectivity index (χ1v) is 9.97. The number of primary amides is 1. The lowest BCUT2D eigenvalue weighted by atomic mass is 9.80. The average molecular weight is 398 g/mol. The van der Waals surface area contributed by atoms with Gasteiger partial charge in [-0.05, 0) is 49.6 Å². The van der Waals surface area contributed by atoms with Gasteiger partial charge in [-0.15, -0.1) is 0 Å². The summed E-state index contributed by atoms with van der Waals surface area (Å²) in [5, 5.41) is 11.5. The molecule has 1 aromatic carbocycles. The van der Waals surface area contributed by atoms with Gasteiger partial charge in [-0.3, -0.25) is 15.2 Å². The van der Waals surface area contributed by atoms with E-state index in [2.05, 4.69) is 4.98 Å². The molecule has 0 saturated carbocycles. The Morgan fingerprint density at radius 3 is 2.69 bits per heavy atom. The molecule has 7 heteroatoms. The van der Waals surface area contributed by atoms with Crippen LogP contribution < -0.4 is 16.3 Å². The second kappa shape index (κ2) is 9.13. The number of hydrogen-bond acceptors (Lipinski definition) is 4. The Hall–Kier alpha value is -2.80. The second-order valence-corrected chi connectivity index (χ2v) is 7.48. The van der Waals surface area contributed by atoms with E-state index >= 15 is 0 Å². The Morgan fingerprint density at radius 1 is 1.21 bits per heavy atom. The van der Waals surface area contributed by atoms with E-state index in [0.29, 0.717) is 11.5 Å². The number of unbranched alkanes of at least 4 members (excludes halogenated alkanes) is 4. The zero-order chi connectivity index (χ0) is 20.9. The molecule has 0 saturated heterocycles. The molecule has 154 valence electrons. The van der Waals surface area contributed by atoms with E-state index in [1.54, 1.807) is 18.3 Å². The highest BCUT2D eigenvalue weighted by Crippen LogP contribution is 2.39. The number of pyridine rings is 1. The maximum Gasteiger partial charge on any atom is 0.338 e. The van der Waals surface area contributed by atoms with Crippen LogP contribution in [0, 0.1) is 5.82 Å². The van der Waals surface area contributed by atoms with E-state index in [1.165, 1.54) is 6.07 Å². The monoisotopic (exact) mass is 398 g/mol. The van der Waals surface area contributed by atoms with Crippen LogP contribution in [0.5, 0.6) is 0 Å². The van der Waals surface area contributed by atoms with Gasteiger partial charge in [0.2, 0.25) is 0 Å². The first-order valence-electron chi connectivity index (χ1n) is 9.97. The number of carbonyl (C=O) groups excluding carboxylic acids is 1. The number of amides is 2. The van der Waals surface area contributed by atoms with Crippen LogP contribution in [0.1, 0.15) is 51.0 Å². The van der Waals surface area contributed by atoms with Crippen molar-refractivity contribution >= 4 is 11.6 Å². The Morgan fingerprint density at radius 2 is 1.97 bits per heavy atom. The fourth-order valence-corrected chi connectivity index (χ4v) is 3.98. The van der Waals surface area contributed by atoms with Crippen molar-refractivity contribution in [2.45, 2.75) is 51.0 Å². The highest BCUT2D eigenvalue weighted by molar-refractivity contribution is 5.70. The quantitative estimate of drug-likeness (QED) is 0.386. The van der Waals surface area contributed by atoms with Crippen LogP contribution in [0.3, 0.4) is 0 Å². The maximum atomic E-state index is 13.8. The first kappa shape index (κ1) is 20.9. The summed E-state index contributed by atoms with van der Waals surface area (Å²) in [5.74, 6) is -0.255. The van der Waals surface area contributed by atoms with Crippen LogP contribution in [-0.2, 0) is 5.54 Å². The predicted molar refractivity (Wildman–Crippen MR) is 108 cm³/mol. The summed E-state index contributed by atoms with van der Waals surface area (Å²) in [6, 6.07) is 7.86. The number of halogens is 1. The van der Waals surface area contributed by atoms with E-state index < -0.39 is 11.6 Å². The van der Waals surface area contributed by atoms with Gasteiger partial charge in [0.15, 0.2) is 0 Å². The summed E-state index contributed by atoms with van der Waals surface area (Å²) in [6.45, 7) is 2.28. The van der Waals surface area contributed by atoms with Crippen molar-refractivity contribution in [1.29, 1.82) is 0 Å². The lowest BCUT2D eigenvalue weighted by Gasteiger charge is -2.29. The third-order valence-electron chi connectivity index (χ3n) is 5.60. The minimum Gasteiger partial charge on any atom is -0.350 e. The van der Waals surface area contributed by atoms with Crippen molar-refractivity contribution in [2.75, 3.05) is 6.54 Å². The highest BCUT2D eigenvalue weighted by Gasteiger charge is 2.36. The van der Waals surface area contributed by atoms with Crippen molar-refractivity contribution in [3.8, 4) is 0 Å². The molecule has 1 atom stereocenters. The van der Waals surface area contributed by atoms with Crippen LogP contribution in [0.25, 0.3) is 5.57 Å². The predicted octanol–water partition coefficient (Wildman–Crippen LogP) is 3.03. The number of aromatic nitrogens is 1. The third kappa shape index (κ3) is 4.62. The average Bonchev–Trinajstić information content (AvgIpc) is 3.00. The molecule has 2 aromatic rings. The number of fused-ring (bicyclic) bond motifs is 1. The zero-order valence-electron chi connectivity index (χ0n) is 16.6. The molecule has 2 amide bonds. The van der Waals surface area contributed by atoms with Gasteiger partial charge in [0.1, 0.15) is 11.4 Å². The molecule has 1 aliphatic rings. The normalized spacial score (nSPS) is 17.7. The summed E-state index contributed by atoms with van der Waals surface area (Å²) in [5.41, 5.74) is 6.55. The fraction of sp³-hybridized carbons (Fsp3) is 0.409. The van der Waals surface area contributed by atoms with Crippen LogP contribution in [-0.4, -0.2) is 27.8 Å². The Balaban J connectivity index is 1.68. The van der Waals surface area contributed by atoms with Gasteiger partial charge >= 0.3 is 6.03 Å². The largest absolute Gasteiger partial charge is 0.350 e. The number of hydrogen-bond donors (Lipinski definition) is 2. The molecular weight excluding hydrogens is 371 g/mol. The second-order valence-electron chi connectivity index (χ2n) is 7.48. The topological polar surface area (TPSA) is 91.8 Å². The number of benzene rings is 1. The molecular formula is C22H27FN4O2. The Labute approximate surface area is 169 Å². The number of hydroxylamine groups is 2. The van der Waals surface area contributed by atoms with E-state index in [9.17, 15) is 14.4 Å². The highest BCUT2D eigenvalue weighted by atomic mass is 19.1. The minimum atomic E-state index is -0.826. The summed E-state index contributed by atoms with van der Waals surface area (Å²) in [6.07, 6.45) is 8.93. The standard InChI is InChI=1S/C22H27FN4O2/c1-16-19-14-18(23)9-10-20(19)26-22(16,17-8-7-12-25-15-17)11-5-3-2-4-6-13-27(29)21(24)28/h7-10,12,14-15,29H,2-6,11,13H2,1H3,(H2,24,28). The third-order valence-corrected chi connectivity index (χ3v) is 5.60. The van der Waals surface area contributed by atoms with Gasteiger partial charge in [0, 0.05) is 23.2 Å². The molecule has 1 aliphatic heterocycles. The van der Waals surface area contributed by atoms with Gasteiger partial charge in [0.25, 0.3) is 0 Å². The van der Waals surface area contributed by atoms with E-state index in [0.717, 1.165) is 53.8 Å². The van der Waals surface area contributed by atoms with Gasteiger partial charge in [0.05, 0.1) is 11.9 Å². The molecule has 0 bridgehead atoms. The summed E-state index contributed by atoms with van der Waals surface area (Å²) in [4.78, 5) is 20.1. The molecule has 1 aromatic heterocycles. The number of carbonyl (C=O) groups is 1. The van der Waals surface area contributed by atoms with Crippen molar-refractivity contribution in [3.05, 3.63) is 64.7 Å². The zero-order valence-corrected chi connectivity index (χ0v) is 16.6. The maximum absolute atomic E-state index is 13.8. The van der Waals surface area contributed by atoms with Crippen molar-refractivity contribution in [2.24, 2.45) is 10.7 Å². The van der Waals surface area contributed by atoms with Crippen LogP contribution in [0.2, 0.25) is 0 Å². The molecule has 0 radical (unpaired) electrons. The number of nitrogens with zero attached hydrogens (tertiary/aromatic N) is 3. The van der Waals surface area contributed by atoms with Gasteiger partial charge in [-0.25, -0.2) is 14.2 Å². The summed E-state index contributed by atoms with van der Waals surface area (Å²) in [7, 11) is 0. The molecule has 0 fully saturated rings. The fourth-order valence-electron chi connectivity index (χ4n) is 3.98. The van der Waals surface area contributed by atoms with Gasteiger partial charge in [-0.1, -0.05) is 31.7 Å². The Bertz CT molecular complexity index is 980. The summed E-state index contributed by atoms with van der Waals surface area (Å²) >= 11 is 0. The summed E-state index contributed by atoms with van der Waals surface area (Å²) < 4.78 is 13.8. The molecule has 6 nitrogen and oxygen atoms in total. The number of urea groups is 1. The first-order chi connectivity index (χ1) is 13.9. The van der Waals surface area contributed by atoms with Gasteiger partial charge < -0.3 is 5.73 Å². The Kier molecular flexibility index (Phi) is 6.59. The molecule has 0 aliphatic carbocycles. The lowest BCUT2D eigenvalue weighted by Crippen LogP contribution is -2.33. The molecule has 1 unspecified atom stereocenters. The van der Waals surface area contributed by atoms with Crippen molar-refractivity contribution < 1.29 is 14.4 Å². The smallest absolute Gasteiger partial charge is 0.338 e. The van der Waals surface area contributed by atoms with E-state index in [4.69, 9.17) is 10.7 Å². The van der Waals surface area contributed by atoms with Crippen LogP contribution in [0.15, 0.2) is 47.7 Å². The van der Waals surface area contributed by atoms with E-state index in [-0.39, 0.29) is 12.4 Å². The number of rotatable bonds is 9. The molecule has 2 heterocycles. The van der Waals surface area contributed by atoms with Crippen LogP contribution >= 0.6 is 0 Å². The van der Waals surface area contributed by atoms with Crippen LogP contribution in [0.4, 0.5) is 9.18 Å². The number of nitrogens with two attached hydrogens (primary N) is 1. The SMILES string of the molecule is CC1=c2cc(F)ccc2=NC1(CCCCCCCN(O)C(N)=O)c1cccnc1. The van der Waals surface area contributed by atoms with Gasteiger partial charge in [-0.2, -0.15) is 0 Å². The molecule has 29 heavy (non-hydrogen) atoms. The molecule has 3 N–H and O–H groups in total. The van der Waals surface area contributed by atoms with Crippen molar-refractivity contribution in [1.82, 2.24) is 10.0 Å². The molecule has 3 rings (SSSR count). The lowest BCUT2D eigenvalue weighted by molar-refractivity contribution is -0.0403. The minimum absolute atomic E-state index is 0.248. The van der Waals surface area contributed by atoms with Crippen molar-refractivity contribution in [3.63, 3.8) is 0 Å².